The van der Waals surface area contributed by atoms with Crippen LogP contribution < -0.4 is 0 Å². The number of hydrogen-bond donors (Lipinski definition) is 3. The third-order valence-electron chi connectivity index (χ3n) is 8.45. The molecule has 0 saturated heterocycles. The van der Waals surface area contributed by atoms with E-state index in [0.29, 0.717) is 35.2 Å². The standard InChI is InChI=1S/C21H32O2S2/c1-20-8-7-18-16(17(20)4-5-19(20)23)3-2-13-10-14(22)6-9-21(13,18)11-15(25)12-24/h10,15-19,23-25H,2-9,11-12H2,1H3/t15?,16-,17-,18+,19?,20-,21+/m0/s1. The molecular weight excluding hydrogens is 348 g/mol. The molecule has 4 aliphatic carbocycles. The summed E-state index contributed by atoms with van der Waals surface area (Å²) in [6.45, 7) is 2.34. The lowest BCUT2D eigenvalue weighted by Crippen LogP contribution is -2.53. The van der Waals surface area contributed by atoms with Crippen LogP contribution in [0, 0.1) is 28.6 Å². The number of rotatable bonds is 3. The van der Waals surface area contributed by atoms with Crippen molar-refractivity contribution in [1.82, 2.24) is 0 Å². The second kappa shape index (κ2) is 6.60. The van der Waals surface area contributed by atoms with Crippen molar-refractivity contribution in [2.24, 2.45) is 28.6 Å². The Morgan fingerprint density at radius 2 is 2.00 bits per heavy atom. The molecule has 3 saturated carbocycles. The van der Waals surface area contributed by atoms with Gasteiger partial charge in [-0.05, 0) is 86.0 Å². The Balaban J connectivity index is 1.71. The zero-order valence-corrected chi connectivity index (χ0v) is 17.1. The fraction of sp³-hybridized carbons (Fsp3) is 0.857. The predicted octanol–water partition coefficient (Wildman–Crippen LogP) is 4.48. The smallest absolute Gasteiger partial charge is 0.155 e. The molecule has 0 aliphatic heterocycles. The third kappa shape index (κ3) is 2.77. The lowest BCUT2D eigenvalue weighted by atomic mass is 9.46. The Labute approximate surface area is 163 Å². The number of allylic oxidation sites excluding steroid dienone is 1. The van der Waals surface area contributed by atoms with Crippen LogP contribution in [0.3, 0.4) is 0 Å². The highest BCUT2D eigenvalue weighted by Gasteiger charge is 2.60. The van der Waals surface area contributed by atoms with Gasteiger partial charge in [0.2, 0.25) is 0 Å². The molecule has 0 amide bonds. The zero-order chi connectivity index (χ0) is 17.8. The van der Waals surface area contributed by atoms with Crippen molar-refractivity contribution in [1.29, 1.82) is 0 Å². The van der Waals surface area contributed by atoms with E-state index in [4.69, 9.17) is 12.6 Å². The molecule has 4 aliphatic rings. The van der Waals surface area contributed by atoms with Crippen LogP contribution in [0.15, 0.2) is 11.6 Å². The van der Waals surface area contributed by atoms with Crippen molar-refractivity contribution >= 4 is 31.0 Å². The van der Waals surface area contributed by atoms with Crippen LogP contribution in [0.4, 0.5) is 0 Å². The van der Waals surface area contributed by atoms with Gasteiger partial charge in [0, 0.05) is 17.4 Å². The van der Waals surface area contributed by atoms with E-state index in [1.807, 2.05) is 6.08 Å². The van der Waals surface area contributed by atoms with Crippen LogP contribution >= 0.6 is 25.3 Å². The molecule has 7 atom stereocenters. The summed E-state index contributed by atoms with van der Waals surface area (Å²) in [6, 6.07) is 0. The van der Waals surface area contributed by atoms with E-state index in [1.54, 1.807) is 0 Å². The van der Waals surface area contributed by atoms with Gasteiger partial charge in [0.15, 0.2) is 5.78 Å². The highest BCUT2D eigenvalue weighted by molar-refractivity contribution is 7.84. The van der Waals surface area contributed by atoms with Gasteiger partial charge in [0.1, 0.15) is 0 Å². The van der Waals surface area contributed by atoms with E-state index < -0.39 is 0 Å². The first-order chi connectivity index (χ1) is 11.9. The highest BCUT2D eigenvalue weighted by atomic mass is 32.1. The van der Waals surface area contributed by atoms with Crippen LogP contribution in [0.25, 0.3) is 0 Å². The van der Waals surface area contributed by atoms with E-state index >= 15 is 0 Å². The van der Waals surface area contributed by atoms with Gasteiger partial charge in [-0.25, -0.2) is 0 Å². The lowest BCUT2D eigenvalue weighted by molar-refractivity contribution is -0.118. The molecule has 0 bridgehead atoms. The minimum Gasteiger partial charge on any atom is -0.393 e. The Kier molecular flexibility index (Phi) is 4.86. The van der Waals surface area contributed by atoms with E-state index in [9.17, 15) is 9.90 Å². The summed E-state index contributed by atoms with van der Waals surface area (Å²) in [5.74, 6) is 3.15. The Bertz CT molecular complexity index is 588. The normalized spacial score (nSPS) is 47.5. The number of thiol groups is 2. The second-order valence-corrected chi connectivity index (χ2v) is 10.5. The molecule has 1 N–H and O–H groups in total. The molecule has 2 nitrogen and oxygen atoms in total. The molecule has 2 unspecified atom stereocenters. The summed E-state index contributed by atoms with van der Waals surface area (Å²) in [6.07, 6.45) is 11.4. The topological polar surface area (TPSA) is 37.3 Å². The Morgan fingerprint density at radius 1 is 1.20 bits per heavy atom. The molecule has 0 radical (unpaired) electrons. The summed E-state index contributed by atoms with van der Waals surface area (Å²) in [4.78, 5) is 12.1. The fourth-order valence-electron chi connectivity index (χ4n) is 7.20. The van der Waals surface area contributed by atoms with Crippen molar-refractivity contribution in [3.8, 4) is 0 Å². The Hall–Kier alpha value is 0.0700. The first kappa shape index (κ1) is 18.4. The average molecular weight is 381 g/mol. The largest absolute Gasteiger partial charge is 0.393 e. The number of fused-ring (bicyclic) bond motifs is 5. The summed E-state index contributed by atoms with van der Waals surface area (Å²) in [7, 11) is 0. The number of ketones is 1. The molecule has 0 aromatic carbocycles. The fourth-order valence-corrected chi connectivity index (χ4v) is 7.66. The van der Waals surface area contributed by atoms with Gasteiger partial charge >= 0.3 is 0 Å². The van der Waals surface area contributed by atoms with E-state index in [2.05, 4.69) is 19.6 Å². The van der Waals surface area contributed by atoms with Crippen molar-refractivity contribution in [2.45, 2.75) is 76.1 Å². The highest BCUT2D eigenvalue weighted by Crippen LogP contribution is 2.66. The van der Waals surface area contributed by atoms with E-state index in [0.717, 1.165) is 37.9 Å². The second-order valence-electron chi connectivity index (χ2n) is 9.39. The van der Waals surface area contributed by atoms with Crippen molar-refractivity contribution < 1.29 is 9.90 Å². The minimum absolute atomic E-state index is 0.116. The van der Waals surface area contributed by atoms with Crippen LogP contribution in [-0.4, -0.2) is 28.0 Å². The number of hydrogen-bond acceptors (Lipinski definition) is 4. The molecule has 140 valence electrons. The molecule has 0 heterocycles. The third-order valence-corrected chi connectivity index (χ3v) is 9.54. The van der Waals surface area contributed by atoms with Crippen LogP contribution in [0.1, 0.15) is 64.7 Å². The van der Waals surface area contributed by atoms with Crippen molar-refractivity contribution in [2.75, 3.05) is 5.75 Å². The van der Waals surface area contributed by atoms with Gasteiger partial charge in [0.25, 0.3) is 0 Å². The van der Waals surface area contributed by atoms with Gasteiger partial charge in [-0.1, -0.05) is 12.5 Å². The molecule has 0 aromatic rings. The van der Waals surface area contributed by atoms with Crippen LogP contribution in [-0.2, 0) is 4.79 Å². The molecule has 0 aromatic heterocycles. The molecule has 4 rings (SSSR count). The predicted molar refractivity (Wildman–Crippen MR) is 108 cm³/mol. The van der Waals surface area contributed by atoms with Crippen LogP contribution in [0.5, 0.6) is 0 Å². The van der Waals surface area contributed by atoms with Crippen molar-refractivity contribution in [3.05, 3.63) is 11.6 Å². The van der Waals surface area contributed by atoms with Crippen LogP contribution in [0.2, 0.25) is 0 Å². The minimum atomic E-state index is -0.116. The quantitative estimate of drug-likeness (QED) is 0.632. The maximum atomic E-state index is 12.1. The lowest BCUT2D eigenvalue weighted by Gasteiger charge is -2.59. The summed E-state index contributed by atoms with van der Waals surface area (Å²) in [5, 5.41) is 10.9. The van der Waals surface area contributed by atoms with Gasteiger partial charge in [-0.2, -0.15) is 25.3 Å². The van der Waals surface area contributed by atoms with Gasteiger partial charge < -0.3 is 5.11 Å². The maximum Gasteiger partial charge on any atom is 0.155 e. The monoisotopic (exact) mass is 380 g/mol. The van der Waals surface area contributed by atoms with E-state index in [-0.39, 0.29) is 16.9 Å². The first-order valence-corrected chi connectivity index (χ1v) is 11.3. The summed E-state index contributed by atoms with van der Waals surface area (Å²) >= 11 is 9.30. The first-order valence-electron chi connectivity index (χ1n) is 10.1. The number of carbonyl (C=O) groups excluding carboxylic acids is 1. The van der Waals surface area contributed by atoms with Crippen molar-refractivity contribution in [3.63, 3.8) is 0 Å². The maximum absolute atomic E-state index is 12.1. The number of aliphatic hydroxyl groups excluding tert-OH is 1. The van der Waals surface area contributed by atoms with Gasteiger partial charge in [0.05, 0.1) is 6.10 Å². The van der Waals surface area contributed by atoms with Gasteiger partial charge in [-0.3, -0.25) is 4.79 Å². The summed E-state index contributed by atoms with van der Waals surface area (Å²) < 4.78 is 0. The number of aliphatic hydroxyl groups is 1. The van der Waals surface area contributed by atoms with Gasteiger partial charge in [-0.15, -0.1) is 0 Å². The molecule has 25 heavy (non-hydrogen) atoms. The summed E-state index contributed by atoms with van der Waals surface area (Å²) in [5.41, 5.74) is 1.71. The molecule has 0 spiro atoms. The molecular formula is C21H32O2S2. The molecule has 4 heteroatoms. The Morgan fingerprint density at radius 3 is 2.76 bits per heavy atom. The van der Waals surface area contributed by atoms with E-state index in [1.165, 1.54) is 24.8 Å². The number of carbonyl (C=O) groups is 1. The zero-order valence-electron chi connectivity index (χ0n) is 15.3. The average Bonchev–Trinajstić information content (AvgIpc) is 2.90. The molecule has 3 fully saturated rings. The SMILES string of the molecule is C[C@]12CC[C@@H]3[C@@H](CCC4=CC(=O)CC[C@@]43CC(S)CS)[C@@H]1CCC2O.